The Kier molecular flexibility index (Phi) is 7.84. The molecule has 252 valence electrons. The van der Waals surface area contributed by atoms with E-state index in [2.05, 4.69) is 199 Å². The number of para-hydroxylation sites is 1. The summed E-state index contributed by atoms with van der Waals surface area (Å²) in [6, 6.07) is 64.8. The predicted molar refractivity (Wildman–Crippen MR) is 226 cm³/mol. The lowest BCUT2D eigenvalue weighted by Crippen LogP contribution is -2.37. The highest BCUT2D eigenvalue weighted by Gasteiger charge is 2.29. The fourth-order valence-corrected chi connectivity index (χ4v) is 8.98. The first-order valence-corrected chi connectivity index (χ1v) is 18.8. The van der Waals surface area contributed by atoms with E-state index in [1.54, 1.807) is 0 Å². The van der Waals surface area contributed by atoms with Crippen LogP contribution in [0.4, 0.5) is 17.1 Å². The number of allylic oxidation sites excluding steroid dienone is 4. The zero-order valence-electron chi connectivity index (χ0n) is 29.6. The fraction of sp³-hybridized carbons (Fsp3) is 0.0769. The maximum atomic E-state index is 2.45. The number of rotatable bonds is 6. The van der Waals surface area contributed by atoms with E-state index in [9.17, 15) is 0 Å². The van der Waals surface area contributed by atoms with Gasteiger partial charge in [0.1, 0.15) is 0 Å². The minimum Gasteiger partial charge on any atom is -0.310 e. The molecule has 0 aromatic heterocycles. The summed E-state index contributed by atoms with van der Waals surface area (Å²) >= 11 is 0. The van der Waals surface area contributed by atoms with Gasteiger partial charge in [0.05, 0.1) is 5.69 Å². The molecule has 0 radical (unpaired) electrons. The first-order valence-electron chi connectivity index (χ1n) is 18.8. The van der Waals surface area contributed by atoms with E-state index in [0.717, 1.165) is 30.6 Å². The van der Waals surface area contributed by atoms with Crippen molar-refractivity contribution in [3.8, 4) is 0 Å². The summed E-state index contributed by atoms with van der Waals surface area (Å²) in [5.74, 6) is 0.247. The van der Waals surface area contributed by atoms with Crippen LogP contribution in [-0.2, 0) is 0 Å². The van der Waals surface area contributed by atoms with Crippen LogP contribution < -0.4 is 15.3 Å². The van der Waals surface area contributed by atoms with Crippen LogP contribution >= 0.6 is 0 Å². The molecule has 0 heterocycles. The maximum absolute atomic E-state index is 2.45. The minimum atomic E-state index is 0.247. The minimum absolute atomic E-state index is 0.247. The summed E-state index contributed by atoms with van der Waals surface area (Å²) in [6.07, 6.45) is 10.0. The van der Waals surface area contributed by atoms with Crippen LogP contribution in [-0.4, -0.2) is 0 Å². The summed E-state index contributed by atoms with van der Waals surface area (Å²) in [7, 11) is 0. The van der Waals surface area contributed by atoms with Crippen molar-refractivity contribution in [3.63, 3.8) is 0 Å². The van der Waals surface area contributed by atoms with Gasteiger partial charge in [0.2, 0.25) is 0 Å². The van der Waals surface area contributed by atoms with E-state index in [0.29, 0.717) is 0 Å². The normalized spacial score (nSPS) is 15.5. The Hall–Kier alpha value is -6.44. The van der Waals surface area contributed by atoms with Crippen LogP contribution in [0.5, 0.6) is 0 Å². The van der Waals surface area contributed by atoms with Gasteiger partial charge in [-0.25, -0.2) is 0 Å². The molecular weight excluding hydrogens is 639 g/mol. The molecule has 1 unspecified atom stereocenters. The fourth-order valence-electron chi connectivity index (χ4n) is 8.98. The number of nitrogens with zero attached hydrogens (tertiary/aromatic N) is 1. The molecule has 0 fully saturated rings. The molecule has 0 bridgehead atoms. The van der Waals surface area contributed by atoms with Gasteiger partial charge in [-0.1, -0.05) is 164 Å². The number of hydrogen-bond donors (Lipinski definition) is 0. The van der Waals surface area contributed by atoms with Gasteiger partial charge < -0.3 is 4.90 Å². The number of anilines is 3. The maximum Gasteiger partial charge on any atom is 0.0540 e. The molecule has 1 nitrogen and oxygen atoms in total. The van der Waals surface area contributed by atoms with Crippen LogP contribution in [0.25, 0.3) is 43.5 Å². The Balaban J connectivity index is 1.35. The third-order valence-corrected chi connectivity index (χ3v) is 11.3. The second-order valence-corrected chi connectivity index (χ2v) is 14.3. The first-order chi connectivity index (χ1) is 26.3. The van der Waals surface area contributed by atoms with E-state index in [4.69, 9.17) is 0 Å². The molecule has 1 heteroatoms. The van der Waals surface area contributed by atoms with Crippen LogP contribution in [0.2, 0.25) is 0 Å². The second-order valence-electron chi connectivity index (χ2n) is 14.3. The van der Waals surface area contributed by atoms with Crippen molar-refractivity contribution >= 4 is 60.5 Å². The highest BCUT2D eigenvalue weighted by molar-refractivity contribution is 6.12. The zero-order valence-corrected chi connectivity index (χ0v) is 29.6. The van der Waals surface area contributed by atoms with Crippen molar-refractivity contribution in [2.45, 2.75) is 25.2 Å². The Morgan fingerprint density at radius 1 is 0.491 bits per heavy atom. The quantitative estimate of drug-likeness (QED) is 0.158. The monoisotopic (exact) mass is 677 g/mol. The van der Waals surface area contributed by atoms with Gasteiger partial charge in [-0.05, 0) is 115 Å². The molecule has 0 N–H and O–H groups in total. The third kappa shape index (κ3) is 5.40. The molecule has 8 aromatic carbocycles. The van der Waals surface area contributed by atoms with Crippen LogP contribution in [0.1, 0.15) is 36.3 Å². The van der Waals surface area contributed by atoms with E-state index in [1.165, 1.54) is 76.3 Å². The van der Waals surface area contributed by atoms with E-state index >= 15 is 0 Å². The zero-order chi connectivity index (χ0) is 35.1. The van der Waals surface area contributed by atoms with Crippen molar-refractivity contribution in [2.75, 3.05) is 4.90 Å². The highest BCUT2D eigenvalue weighted by atomic mass is 15.1. The summed E-state index contributed by atoms with van der Waals surface area (Å²) in [5, 5.41) is 10.4. The number of benzene rings is 8. The second kappa shape index (κ2) is 13.3. The van der Waals surface area contributed by atoms with Crippen LogP contribution in [0, 0.1) is 0 Å². The van der Waals surface area contributed by atoms with Gasteiger partial charge in [-0.15, -0.1) is 0 Å². The van der Waals surface area contributed by atoms with E-state index < -0.39 is 0 Å². The summed E-state index contributed by atoms with van der Waals surface area (Å²) in [5.41, 5.74) is 10.5. The van der Waals surface area contributed by atoms with Crippen molar-refractivity contribution in [3.05, 3.63) is 221 Å². The number of hydrogen-bond acceptors (Lipinski definition) is 1. The van der Waals surface area contributed by atoms with Gasteiger partial charge in [0, 0.05) is 22.7 Å². The Labute approximate surface area is 310 Å². The molecule has 2 aliphatic rings. The summed E-state index contributed by atoms with van der Waals surface area (Å²) < 4.78 is 0. The van der Waals surface area contributed by atoms with Gasteiger partial charge in [-0.3, -0.25) is 0 Å². The average Bonchev–Trinajstić information content (AvgIpc) is 3.24. The average molecular weight is 678 g/mol. The lowest BCUT2D eigenvalue weighted by Gasteiger charge is -2.31. The Bertz CT molecular complexity index is 2840. The van der Waals surface area contributed by atoms with Crippen molar-refractivity contribution in [1.29, 1.82) is 0 Å². The van der Waals surface area contributed by atoms with E-state index in [1.807, 2.05) is 0 Å². The molecule has 0 amide bonds. The Morgan fingerprint density at radius 3 is 1.92 bits per heavy atom. The van der Waals surface area contributed by atoms with Crippen molar-refractivity contribution in [1.82, 2.24) is 0 Å². The predicted octanol–water partition coefficient (Wildman–Crippen LogP) is 12.4. The molecule has 0 saturated carbocycles. The van der Waals surface area contributed by atoms with Gasteiger partial charge in [0.25, 0.3) is 0 Å². The smallest absolute Gasteiger partial charge is 0.0540 e. The standard InChI is InChI=1S/C52H39N/c1-5-18-37(19-6-1)46-35-47(38-20-7-2-8-21-38)51-45-33-32-41(53(40-26-11-4-12-27-40)49-31-17-25-36-22-13-14-28-42(36)49)34-48(45)43-29-15-16-30-44(43)52(51)50(46)39-23-9-3-10-24-39/h1-9,11-23,25-34,46H,10,24,35H2. The van der Waals surface area contributed by atoms with Crippen molar-refractivity contribution in [2.24, 2.45) is 0 Å². The lowest BCUT2D eigenvalue weighted by molar-refractivity contribution is 0.852. The van der Waals surface area contributed by atoms with Crippen LogP contribution in [0.3, 0.4) is 0 Å². The lowest BCUT2D eigenvalue weighted by atomic mass is 9.73. The molecule has 8 aromatic rings. The molecule has 10 rings (SSSR count). The molecule has 0 spiro atoms. The van der Waals surface area contributed by atoms with Gasteiger partial charge in [0.15, 0.2) is 0 Å². The molecule has 1 atom stereocenters. The molecule has 2 aliphatic carbocycles. The summed E-state index contributed by atoms with van der Waals surface area (Å²) in [6.45, 7) is 0. The molecule has 53 heavy (non-hydrogen) atoms. The summed E-state index contributed by atoms with van der Waals surface area (Å²) in [4.78, 5) is 2.43. The largest absolute Gasteiger partial charge is 0.310 e. The third-order valence-electron chi connectivity index (χ3n) is 11.3. The SMILES string of the molecule is C1=CCCC(C2=c3c(c4ccc(N(c5ccccc5)c5cccc6ccccc56)cc4c4ccccc34)=C(c3ccccc3)CC2c2ccccc2)=C1. The molecular formula is C52H39N. The van der Waals surface area contributed by atoms with Gasteiger partial charge >= 0.3 is 0 Å². The topological polar surface area (TPSA) is 3.24 Å². The van der Waals surface area contributed by atoms with Gasteiger partial charge in [-0.2, -0.15) is 0 Å². The van der Waals surface area contributed by atoms with Crippen molar-refractivity contribution < 1.29 is 0 Å². The van der Waals surface area contributed by atoms with E-state index in [-0.39, 0.29) is 5.92 Å². The first kappa shape index (κ1) is 31.3. The Morgan fingerprint density at radius 2 is 1.15 bits per heavy atom. The molecule has 0 saturated heterocycles. The molecule has 0 aliphatic heterocycles. The van der Waals surface area contributed by atoms with Crippen LogP contribution in [0.15, 0.2) is 200 Å². The highest BCUT2D eigenvalue weighted by Crippen LogP contribution is 2.44. The number of fused-ring (bicyclic) bond motifs is 7.